The first-order valence-electron chi connectivity index (χ1n) is 7.68. The van der Waals surface area contributed by atoms with Crippen LogP contribution in [-0.2, 0) is 4.79 Å². The van der Waals surface area contributed by atoms with Crippen molar-refractivity contribution < 1.29 is 4.79 Å². The van der Waals surface area contributed by atoms with E-state index in [4.69, 9.17) is 4.98 Å². The lowest BCUT2D eigenvalue weighted by Gasteiger charge is -2.21. The number of carbonyl (C=O) groups is 1. The van der Waals surface area contributed by atoms with Crippen LogP contribution in [0.2, 0.25) is 0 Å². The molecule has 0 spiro atoms. The molecule has 1 amide bonds. The Morgan fingerprint density at radius 1 is 1.33 bits per heavy atom. The van der Waals surface area contributed by atoms with Gasteiger partial charge in [-0.3, -0.25) is 9.69 Å². The minimum atomic E-state index is 0.172. The summed E-state index contributed by atoms with van der Waals surface area (Å²) in [6.07, 6.45) is 4.55. The summed E-state index contributed by atoms with van der Waals surface area (Å²) >= 11 is 1.77. The van der Waals surface area contributed by atoms with Gasteiger partial charge in [-0.15, -0.1) is 11.3 Å². The summed E-state index contributed by atoms with van der Waals surface area (Å²) in [6.45, 7) is 1.51. The molecule has 1 saturated carbocycles. The number of amides is 1. The highest BCUT2D eigenvalue weighted by molar-refractivity contribution is 7.18. The number of benzene rings is 1. The highest BCUT2D eigenvalue weighted by Gasteiger charge is 2.31. The molecule has 2 aliphatic rings. The van der Waals surface area contributed by atoms with Crippen LogP contribution < -0.4 is 5.32 Å². The van der Waals surface area contributed by atoms with Gasteiger partial charge in [-0.05, 0) is 44.4 Å². The summed E-state index contributed by atoms with van der Waals surface area (Å²) in [5.74, 6) is 0.172. The lowest BCUT2D eigenvalue weighted by Crippen LogP contribution is -2.37. The molecule has 1 N–H and O–H groups in total. The van der Waals surface area contributed by atoms with Gasteiger partial charge in [-0.1, -0.05) is 12.1 Å². The van der Waals surface area contributed by atoms with Crippen LogP contribution in [0.15, 0.2) is 24.3 Å². The summed E-state index contributed by atoms with van der Waals surface area (Å²) in [7, 11) is 0. The number of likely N-dealkylation sites (tertiary alicyclic amines) is 1. The van der Waals surface area contributed by atoms with Gasteiger partial charge in [-0.25, -0.2) is 4.98 Å². The van der Waals surface area contributed by atoms with Gasteiger partial charge in [0.25, 0.3) is 0 Å². The van der Waals surface area contributed by atoms with Crippen LogP contribution >= 0.6 is 11.3 Å². The monoisotopic (exact) mass is 301 g/mol. The van der Waals surface area contributed by atoms with E-state index in [1.165, 1.54) is 4.70 Å². The maximum atomic E-state index is 12.0. The number of rotatable bonds is 4. The molecule has 5 heteroatoms. The molecular formula is C16H19N3OS. The smallest absolute Gasteiger partial charge is 0.234 e. The van der Waals surface area contributed by atoms with Gasteiger partial charge < -0.3 is 5.32 Å². The van der Waals surface area contributed by atoms with E-state index in [2.05, 4.69) is 28.4 Å². The van der Waals surface area contributed by atoms with Crippen molar-refractivity contribution in [3.8, 4) is 0 Å². The molecule has 21 heavy (non-hydrogen) atoms. The number of para-hydroxylation sites is 1. The zero-order valence-electron chi connectivity index (χ0n) is 11.9. The van der Waals surface area contributed by atoms with Crippen molar-refractivity contribution in [1.29, 1.82) is 0 Å². The summed E-state index contributed by atoms with van der Waals surface area (Å²) in [5.41, 5.74) is 1.08. The van der Waals surface area contributed by atoms with Crippen molar-refractivity contribution in [2.45, 2.75) is 37.8 Å². The second kappa shape index (κ2) is 5.39. The van der Waals surface area contributed by atoms with Crippen molar-refractivity contribution in [1.82, 2.24) is 15.2 Å². The molecule has 0 radical (unpaired) electrons. The second-order valence-corrected chi connectivity index (χ2v) is 7.05. The highest BCUT2D eigenvalue weighted by atomic mass is 32.1. The molecule has 1 aromatic carbocycles. The van der Waals surface area contributed by atoms with Gasteiger partial charge in [0, 0.05) is 6.04 Å². The number of nitrogens with one attached hydrogen (secondary N) is 1. The Hall–Kier alpha value is -1.46. The van der Waals surface area contributed by atoms with E-state index < -0.39 is 0 Å². The zero-order chi connectivity index (χ0) is 14.2. The molecule has 1 aliphatic heterocycles. The predicted octanol–water partition coefficient (Wildman–Crippen LogP) is 2.71. The van der Waals surface area contributed by atoms with Crippen LogP contribution in [0.4, 0.5) is 0 Å². The van der Waals surface area contributed by atoms with E-state index in [-0.39, 0.29) is 5.91 Å². The van der Waals surface area contributed by atoms with Gasteiger partial charge in [0.1, 0.15) is 5.01 Å². The Labute approximate surface area is 128 Å². The van der Waals surface area contributed by atoms with Crippen LogP contribution in [0.3, 0.4) is 0 Å². The van der Waals surface area contributed by atoms with Crippen LogP contribution in [0.1, 0.15) is 36.7 Å². The summed E-state index contributed by atoms with van der Waals surface area (Å²) in [6, 6.07) is 9.03. The maximum absolute atomic E-state index is 12.0. The molecule has 1 aromatic heterocycles. The Morgan fingerprint density at radius 3 is 3.00 bits per heavy atom. The minimum Gasteiger partial charge on any atom is -0.352 e. The Kier molecular flexibility index (Phi) is 3.39. The quantitative estimate of drug-likeness (QED) is 0.944. The molecule has 4 rings (SSSR count). The van der Waals surface area contributed by atoms with Gasteiger partial charge in [0.05, 0.1) is 22.8 Å². The Morgan fingerprint density at radius 2 is 2.19 bits per heavy atom. The first-order valence-corrected chi connectivity index (χ1v) is 8.50. The van der Waals surface area contributed by atoms with Crippen molar-refractivity contribution in [3.05, 3.63) is 29.3 Å². The van der Waals surface area contributed by atoms with Crippen LogP contribution in [0.25, 0.3) is 10.2 Å². The Balaban J connectivity index is 1.50. The van der Waals surface area contributed by atoms with E-state index in [9.17, 15) is 4.79 Å². The van der Waals surface area contributed by atoms with Gasteiger partial charge in [0.15, 0.2) is 0 Å². The molecule has 4 nitrogen and oxygen atoms in total. The van der Waals surface area contributed by atoms with Crippen molar-refractivity contribution in [2.24, 2.45) is 0 Å². The van der Waals surface area contributed by atoms with Crippen molar-refractivity contribution >= 4 is 27.5 Å². The number of hydrogen-bond donors (Lipinski definition) is 1. The topological polar surface area (TPSA) is 45.2 Å². The standard InChI is InChI=1S/C16H19N3OS/c20-15(17-11-7-8-11)10-19-9-3-5-13(19)16-18-12-4-1-2-6-14(12)21-16/h1-2,4,6,11,13H,3,5,7-10H2,(H,17,20). The third kappa shape index (κ3) is 2.80. The first kappa shape index (κ1) is 13.2. The molecule has 1 aliphatic carbocycles. The fourth-order valence-corrected chi connectivity index (χ4v) is 4.15. The fraction of sp³-hybridized carbons (Fsp3) is 0.500. The number of nitrogens with zero attached hydrogens (tertiary/aromatic N) is 2. The molecule has 2 aromatic rings. The largest absolute Gasteiger partial charge is 0.352 e. The van der Waals surface area contributed by atoms with Gasteiger partial charge in [-0.2, -0.15) is 0 Å². The maximum Gasteiger partial charge on any atom is 0.234 e. The molecule has 0 bridgehead atoms. The summed E-state index contributed by atoms with van der Waals surface area (Å²) < 4.78 is 1.24. The molecule has 110 valence electrons. The SMILES string of the molecule is O=C(CN1CCCC1c1nc2ccccc2s1)NC1CC1. The van der Waals surface area contributed by atoms with E-state index >= 15 is 0 Å². The average Bonchev–Trinajstić information content (AvgIpc) is 3.01. The molecule has 1 atom stereocenters. The lowest BCUT2D eigenvalue weighted by molar-refractivity contribution is -0.122. The minimum absolute atomic E-state index is 0.172. The van der Waals surface area contributed by atoms with Crippen molar-refractivity contribution in [3.63, 3.8) is 0 Å². The molecule has 2 heterocycles. The number of fused-ring (bicyclic) bond motifs is 1. The van der Waals surface area contributed by atoms with E-state index in [1.54, 1.807) is 11.3 Å². The fourth-order valence-electron chi connectivity index (χ4n) is 3.01. The lowest BCUT2D eigenvalue weighted by atomic mass is 10.2. The molecule has 1 unspecified atom stereocenters. The van der Waals surface area contributed by atoms with Crippen LogP contribution in [0.5, 0.6) is 0 Å². The van der Waals surface area contributed by atoms with Gasteiger partial charge in [0.2, 0.25) is 5.91 Å². The summed E-state index contributed by atoms with van der Waals surface area (Å²) in [4.78, 5) is 19.1. The zero-order valence-corrected chi connectivity index (χ0v) is 12.7. The van der Waals surface area contributed by atoms with Crippen LogP contribution in [-0.4, -0.2) is 34.9 Å². The average molecular weight is 301 g/mol. The molecule has 2 fully saturated rings. The van der Waals surface area contributed by atoms with Gasteiger partial charge >= 0.3 is 0 Å². The van der Waals surface area contributed by atoms with Crippen LogP contribution in [0, 0.1) is 0 Å². The van der Waals surface area contributed by atoms with E-state index in [0.29, 0.717) is 18.6 Å². The normalized spacial score (nSPS) is 22.8. The first-order chi connectivity index (χ1) is 10.3. The molecule has 1 saturated heterocycles. The number of hydrogen-bond acceptors (Lipinski definition) is 4. The number of carbonyl (C=O) groups excluding carboxylic acids is 1. The second-order valence-electron chi connectivity index (χ2n) is 5.99. The van der Waals surface area contributed by atoms with E-state index in [0.717, 1.165) is 42.8 Å². The molecular weight excluding hydrogens is 282 g/mol. The third-order valence-electron chi connectivity index (χ3n) is 4.25. The third-order valence-corrected chi connectivity index (χ3v) is 5.39. The predicted molar refractivity (Wildman–Crippen MR) is 84.3 cm³/mol. The van der Waals surface area contributed by atoms with Crippen molar-refractivity contribution in [2.75, 3.05) is 13.1 Å². The number of thiazole rings is 1. The number of aromatic nitrogens is 1. The highest BCUT2D eigenvalue weighted by Crippen LogP contribution is 2.36. The Bertz CT molecular complexity index is 631. The summed E-state index contributed by atoms with van der Waals surface area (Å²) in [5, 5.41) is 4.24. The van der Waals surface area contributed by atoms with E-state index in [1.807, 2.05) is 6.07 Å².